The minimum absolute atomic E-state index is 0.116. The third-order valence-corrected chi connectivity index (χ3v) is 7.73. The first kappa shape index (κ1) is 19.8. The summed E-state index contributed by atoms with van der Waals surface area (Å²) in [5, 5.41) is 0. The van der Waals surface area contributed by atoms with Gasteiger partial charge in [0.25, 0.3) is 10.0 Å². The molecule has 0 radical (unpaired) electrons. The van der Waals surface area contributed by atoms with Crippen molar-refractivity contribution in [3.05, 3.63) is 54.3 Å². The van der Waals surface area contributed by atoms with Crippen LogP contribution in [0.3, 0.4) is 0 Å². The molecule has 0 aliphatic carbocycles. The first-order chi connectivity index (χ1) is 12.7. The number of nitrogens with zero attached hydrogens (tertiary/aromatic N) is 1. The number of piperidine rings is 1. The Bertz CT molecular complexity index is 1020. The molecule has 3 rings (SSSR count). The van der Waals surface area contributed by atoms with Gasteiger partial charge in [-0.05, 0) is 61.2 Å². The van der Waals surface area contributed by atoms with Gasteiger partial charge in [-0.25, -0.2) is 21.2 Å². The first-order valence-electron chi connectivity index (χ1n) is 8.57. The lowest BCUT2D eigenvalue weighted by molar-refractivity contribution is 0.281. The predicted octanol–water partition coefficient (Wildman–Crippen LogP) is 3.05. The van der Waals surface area contributed by atoms with Crippen molar-refractivity contribution < 1.29 is 21.2 Å². The number of nitrogens with one attached hydrogen (secondary N) is 1. The second kappa shape index (κ2) is 7.57. The zero-order chi connectivity index (χ0) is 19.7. The van der Waals surface area contributed by atoms with Crippen LogP contribution in [-0.2, 0) is 20.0 Å². The van der Waals surface area contributed by atoms with Crippen molar-refractivity contribution >= 4 is 25.7 Å². The fourth-order valence-corrected chi connectivity index (χ4v) is 5.74. The Labute approximate surface area is 159 Å². The minimum atomic E-state index is -3.96. The van der Waals surface area contributed by atoms with Crippen LogP contribution in [0.1, 0.15) is 19.8 Å². The summed E-state index contributed by atoms with van der Waals surface area (Å²) in [6, 6.07) is 10.2. The van der Waals surface area contributed by atoms with E-state index in [9.17, 15) is 21.2 Å². The predicted molar refractivity (Wildman–Crippen MR) is 101 cm³/mol. The van der Waals surface area contributed by atoms with Gasteiger partial charge in [0.05, 0.1) is 9.79 Å². The molecule has 0 spiro atoms. The average Bonchev–Trinajstić information content (AvgIpc) is 2.62. The Hall–Kier alpha value is -1.97. The molecule has 1 heterocycles. The van der Waals surface area contributed by atoms with Crippen LogP contribution in [0.15, 0.2) is 58.3 Å². The molecule has 0 saturated carbocycles. The molecule has 0 bridgehead atoms. The lowest BCUT2D eigenvalue weighted by atomic mass is 10.0. The average molecular weight is 413 g/mol. The highest BCUT2D eigenvalue weighted by atomic mass is 32.2. The minimum Gasteiger partial charge on any atom is -0.280 e. The summed E-state index contributed by atoms with van der Waals surface area (Å²) < 4.78 is 67.1. The monoisotopic (exact) mass is 412 g/mol. The molecule has 0 amide bonds. The Balaban J connectivity index is 1.79. The van der Waals surface area contributed by atoms with E-state index in [4.69, 9.17) is 0 Å². The lowest BCUT2D eigenvalue weighted by Crippen LogP contribution is -2.39. The van der Waals surface area contributed by atoms with Crippen molar-refractivity contribution in [1.29, 1.82) is 0 Å². The number of hydrogen-bond acceptors (Lipinski definition) is 4. The molecule has 2 aromatic rings. The van der Waals surface area contributed by atoms with Gasteiger partial charge in [-0.1, -0.05) is 13.0 Å². The van der Waals surface area contributed by atoms with E-state index in [1.54, 1.807) is 0 Å². The Morgan fingerprint density at radius 1 is 1.04 bits per heavy atom. The number of halogens is 1. The van der Waals surface area contributed by atoms with Gasteiger partial charge < -0.3 is 0 Å². The lowest BCUT2D eigenvalue weighted by Gasteiger charge is -2.30. The molecule has 1 atom stereocenters. The molecule has 6 nitrogen and oxygen atoms in total. The highest BCUT2D eigenvalue weighted by molar-refractivity contribution is 7.92. The second-order valence-electron chi connectivity index (χ2n) is 6.70. The standard InChI is InChI=1S/C18H21FN2O4S2/c1-14-4-3-11-21(13-14)27(24,25)17-9-7-16(8-10-17)20-26(22,23)18-6-2-5-15(19)12-18/h2,5-10,12,14,20H,3-4,11,13H2,1H3. The third kappa shape index (κ3) is 4.48. The maximum Gasteiger partial charge on any atom is 0.261 e. The van der Waals surface area contributed by atoms with Crippen LogP contribution in [0.25, 0.3) is 0 Å². The number of benzene rings is 2. The van der Waals surface area contributed by atoms with Gasteiger partial charge >= 0.3 is 0 Å². The van der Waals surface area contributed by atoms with E-state index in [-0.39, 0.29) is 15.5 Å². The van der Waals surface area contributed by atoms with Gasteiger partial charge in [0.1, 0.15) is 5.82 Å². The molecular weight excluding hydrogens is 391 g/mol. The van der Waals surface area contributed by atoms with Gasteiger partial charge in [0, 0.05) is 18.8 Å². The Morgan fingerprint density at radius 3 is 2.37 bits per heavy atom. The maximum absolute atomic E-state index is 13.3. The van der Waals surface area contributed by atoms with E-state index in [1.165, 1.54) is 40.7 Å². The van der Waals surface area contributed by atoms with Crippen LogP contribution in [0.2, 0.25) is 0 Å². The summed E-state index contributed by atoms with van der Waals surface area (Å²) in [7, 11) is -7.57. The van der Waals surface area contributed by atoms with Gasteiger partial charge in [0.15, 0.2) is 0 Å². The second-order valence-corrected chi connectivity index (χ2v) is 10.3. The highest BCUT2D eigenvalue weighted by Crippen LogP contribution is 2.25. The topological polar surface area (TPSA) is 83.6 Å². The van der Waals surface area contributed by atoms with Gasteiger partial charge in [-0.3, -0.25) is 4.72 Å². The smallest absolute Gasteiger partial charge is 0.261 e. The van der Waals surface area contributed by atoms with E-state index in [0.29, 0.717) is 19.0 Å². The molecule has 9 heteroatoms. The molecule has 1 aliphatic heterocycles. The molecular formula is C18H21FN2O4S2. The number of rotatable bonds is 5. The molecule has 2 aromatic carbocycles. The SMILES string of the molecule is CC1CCCN(S(=O)(=O)c2ccc(NS(=O)(=O)c3cccc(F)c3)cc2)C1. The summed E-state index contributed by atoms with van der Waals surface area (Å²) in [6.45, 7) is 2.99. The Kier molecular flexibility index (Phi) is 5.55. The van der Waals surface area contributed by atoms with E-state index in [1.807, 2.05) is 6.92 Å². The summed E-state index contributed by atoms with van der Waals surface area (Å²) in [5.74, 6) is -0.346. The quantitative estimate of drug-likeness (QED) is 0.818. The number of sulfonamides is 2. The fraction of sp³-hybridized carbons (Fsp3) is 0.333. The normalized spacial score (nSPS) is 19.0. The van der Waals surface area contributed by atoms with Crippen molar-refractivity contribution in [3.8, 4) is 0 Å². The largest absolute Gasteiger partial charge is 0.280 e. The molecule has 1 unspecified atom stereocenters. The number of hydrogen-bond donors (Lipinski definition) is 1. The van der Waals surface area contributed by atoms with Crippen LogP contribution < -0.4 is 4.72 Å². The van der Waals surface area contributed by atoms with E-state index in [0.717, 1.165) is 25.0 Å². The third-order valence-electron chi connectivity index (χ3n) is 4.47. The molecule has 1 N–H and O–H groups in total. The summed E-state index contributed by atoms with van der Waals surface area (Å²) in [6.07, 6.45) is 1.83. The molecule has 146 valence electrons. The van der Waals surface area contributed by atoms with E-state index < -0.39 is 25.9 Å². The Morgan fingerprint density at radius 2 is 1.74 bits per heavy atom. The molecule has 27 heavy (non-hydrogen) atoms. The summed E-state index contributed by atoms with van der Waals surface area (Å²) in [4.78, 5) is -0.0909. The molecule has 1 aliphatic rings. The van der Waals surface area contributed by atoms with Gasteiger partial charge in [0.2, 0.25) is 10.0 Å². The van der Waals surface area contributed by atoms with Crippen molar-refractivity contribution in [2.45, 2.75) is 29.6 Å². The van der Waals surface area contributed by atoms with Crippen LogP contribution in [0.5, 0.6) is 0 Å². The van der Waals surface area contributed by atoms with Crippen molar-refractivity contribution in [2.75, 3.05) is 17.8 Å². The molecule has 0 aromatic heterocycles. The van der Waals surface area contributed by atoms with Crippen LogP contribution >= 0.6 is 0 Å². The van der Waals surface area contributed by atoms with E-state index >= 15 is 0 Å². The zero-order valence-corrected chi connectivity index (χ0v) is 16.4. The van der Waals surface area contributed by atoms with Gasteiger partial charge in [-0.2, -0.15) is 4.31 Å². The number of anilines is 1. The zero-order valence-electron chi connectivity index (χ0n) is 14.8. The van der Waals surface area contributed by atoms with Crippen LogP contribution in [0, 0.1) is 11.7 Å². The van der Waals surface area contributed by atoms with Gasteiger partial charge in [-0.15, -0.1) is 0 Å². The van der Waals surface area contributed by atoms with Crippen molar-refractivity contribution in [3.63, 3.8) is 0 Å². The van der Waals surface area contributed by atoms with Crippen molar-refractivity contribution in [1.82, 2.24) is 4.31 Å². The highest BCUT2D eigenvalue weighted by Gasteiger charge is 2.28. The summed E-state index contributed by atoms with van der Waals surface area (Å²) >= 11 is 0. The molecule has 1 fully saturated rings. The van der Waals surface area contributed by atoms with Crippen LogP contribution in [-0.4, -0.2) is 34.2 Å². The maximum atomic E-state index is 13.3. The van der Waals surface area contributed by atoms with E-state index in [2.05, 4.69) is 4.72 Å². The van der Waals surface area contributed by atoms with Crippen molar-refractivity contribution in [2.24, 2.45) is 5.92 Å². The fourth-order valence-electron chi connectivity index (χ4n) is 3.06. The summed E-state index contributed by atoms with van der Waals surface area (Å²) in [5.41, 5.74) is 0.199. The first-order valence-corrected chi connectivity index (χ1v) is 11.5. The van der Waals surface area contributed by atoms with Crippen LogP contribution in [0.4, 0.5) is 10.1 Å². The molecule has 1 saturated heterocycles.